The van der Waals surface area contributed by atoms with E-state index in [1.165, 1.54) is 11.3 Å². The molecule has 0 aliphatic carbocycles. The molecule has 3 rings (SSSR count). The molecule has 1 amide bonds. The fourth-order valence-corrected chi connectivity index (χ4v) is 3.97. The van der Waals surface area contributed by atoms with Crippen molar-refractivity contribution in [3.8, 4) is 10.6 Å². The molecule has 26 heavy (non-hydrogen) atoms. The Morgan fingerprint density at radius 3 is 2.65 bits per heavy atom. The second-order valence-electron chi connectivity index (χ2n) is 5.80. The number of anilines is 1. The van der Waals surface area contributed by atoms with E-state index in [2.05, 4.69) is 10.3 Å². The van der Waals surface area contributed by atoms with E-state index in [4.69, 9.17) is 4.74 Å². The molecule has 0 bridgehead atoms. The van der Waals surface area contributed by atoms with E-state index >= 15 is 0 Å². The number of aryl methyl sites for hydroxylation is 2. The summed E-state index contributed by atoms with van der Waals surface area (Å²) in [7, 11) is 0. The molecule has 0 saturated heterocycles. The molecule has 2 aromatic heterocycles. The first-order chi connectivity index (χ1) is 12.5. The van der Waals surface area contributed by atoms with Gasteiger partial charge in [0.05, 0.1) is 5.69 Å². The number of hydrogen-bond acceptors (Lipinski definition) is 6. The molecule has 0 fully saturated rings. The van der Waals surface area contributed by atoms with Crippen LogP contribution in [0.15, 0.2) is 41.1 Å². The van der Waals surface area contributed by atoms with E-state index in [1.54, 1.807) is 25.2 Å². The number of thiophene rings is 1. The summed E-state index contributed by atoms with van der Waals surface area (Å²) in [6, 6.07) is 9.40. The summed E-state index contributed by atoms with van der Waals surface area (Å²) in [6.07, 6.45) is -0.909. The number of benzene rings is 1. The molecule has 0 aliphatic rings. The zero-order chi connectivity index (χ0) is 18.7. The highest BCUT2D eigenvalue weighted by atomic mass is 32.1. The number of nitrogens with zero attached hydrogens (tertiary/aromatic N) is 1. The van der Waals surface area contributed by atoms with Crippen molar-refractivity contribution in [2.45, 2.75) is 26.9 Å². The van der Waals surface area contributed by atoms with Crippen molar-refractivity contribution in [3.05, 3.63) is 57.2 Å². The van der Waals surface area contributed by atoms with Crippen LogP contribution >= 0.6 is 22.7 Å². The van der Waals surface area contributed by atoms with Crippen LogP contribution in [0.25, 0.3) is 10.6 Å². The van der Waals surface area contributed by atoms with Crippen LogP contribution in [0.1, 0.15) is 27.9 Å². The number of esters is 1. The number of thiazole rings is 1. The lowest BCUT2D eigenvalue weighted by Crippen LogP contribution is -2.30. The Balaban J connectivity index is 1.68. The van der Waals surface area contributed by atoms with Gasteiger partial charge in [-0.3, -0.25) is 4.79 Å². The normalized spacial score (nSPS) is 11.8. The summed E-state index contributed by atoms with van der Waals surface area (Å²) in [5, 5.41) is 7.49. The highest BCUT2D eigenvalue weighted by Gasteiger charge is 2.23. The van der Waals surface area contributed by atoms with Gasteiger partial charge in [-0.15, -0.1) is 11.3 Å². The van der Waals surface area contributed by atoms with Crippen LogP contribution in [0.5, 0.6) is 0 Å². The number of para-hydroxylation sites is 1. The van der Waals surface area contributed by atoms with Crippen LogP contribution in [0, 0.1) is 13.8 Å². The van der Waals surface area contributed by atoms with Crippen molar-refractivity contribution in [1.29, 1.82) is 0 Å². The van der Waals surface area contributed by atoms with E-state index in [0.717, 1.165) is 16.1 Å². The van der Waals surface area contributed by atoms with Crippen LogP contribution in [0.4, 0.5) is 5.69 Å². The maximum absolute atomic E-state index is 12.5. The Bertz CT molecular complexity index is 932. The highest BCUT2D eigenvalue weighted by molar-refractivity contribution is 7.17. The summed E-state index contributed by atoms with van der Waals surface area (Å²) in [5.74, 6) is -0.901. The second-order valence-corrected chi connectivity index (χ2v) is 7.58. The van der Waals surface area contributed by atoms with Gasteiger partial charge < -0.3 is 10.1 Å². The fraction of sp³-hybridized carbons (Fsp3) is 0.211. The molecule has 3 aromatic rings. The summed E-state index contributed by atoms with van der Waals surface area (Å²) in [4.78, 5) is 29.6. The van der Waals surface area contributed by atoms with Gasteiger partial charge in [-0.1, -0.05) is 18.2 Å². The van der Waals surface area contributed by atoms with Gasteiger partial charge in [0.15, 0.2) is 6.10 Å². The predicted octanol–water partition coefficient (Wildman–Crippen LogP) is 4.67. The van der Waals surface area contributed by atoms with Crippen LogP contribution in [-0.4, -0.2) is 23.0 Å². The average Bonchev–Trinajstić information content (AvgIpc) is 3.26. The predicted molar refractivity (Wildman–Crippen MR) is 105 cm³/mol. The minimum Gasteiger partial charge on any atom is -0.448 e. The topological polar surface area (TPSA) is 68.3 Å². The van der Waals surface area contributed by atoms with Crippen molar-refractivity contribution < 1.29 is 14.3 Å². The minimum atomic E-state index is -0.909. The van der Waals surface area contributed by atoms with E-state index in [9.17, 15) is 9.59 Å². The number of aromatic nitrogens is 1. The molecular formula is C19H18N2O3S2. The zero-order valence-electron chi connectivity index (χ0n) is 14.6. The number of ether oxygens (including phenoxy) is 1. The first-order valence-electron chi connectivity index (χ1n) is 8.03. The smallest absolute Gasteiger partial charge is 0.351 e. The molecule has 1 aromatic carbocycles. The number of carbonyl (C=O) groups is 2. The maximum atomic E-state index is 12.5. The summed E-state index contributed by atoms with van der Waals surface area (Å²) in [6.45, 7) is 5.22. The molecule has 2 heterocycles. The van der Waals surface area contributed by atoms with Gasteiger partial charge in [-0.25, -0.2) is 9.78 Å². The van der Waals surface area contributed by atoms with Crippen molar-refractivity contribution in [3.63, 3.8) is 0 Å². The molecule has 0 spiro atoms. The van der Waals surface area contributed by atoms with Gasteiger partial charge in [-0.05, 0) is 43.8 Å². The van der Waals surface area contributed by atoms with Crippen LogP contribution in [0.3, 0.4) is 0 Å². The van der Waals surface area contributed by atoms with Gasteiger partial charge in [0.1, 0.15) is 9.88 Å². The monoisotopic (exact) mass is 386 g/mol. The maximum Gasteiger partial charge on any atom is 0.351 e. The Labute approximate surface area is 159 Å². The van der Waals surface area contributed by atoms with E-state index in [1.807, 2.05) is 48.0 Å². The van der Waals surface area contributed by atoms with Crippen molar-refractivity contribution in [2.24, 2.45) is 0 Å². The molecular weight excluding hydrogens is 368 g/mol. The molecule has 1 N–H and O–H groups in total. The van der Waals surface area contributed by atoms with Crippen molar-refractivity contribution in [2.75, 3.05) is 5.32 Å². The van der Waals surface area contributed by atoms with Gasteiger partial charge in [0.25, 0.3) is 5.91 Å². The van der Waals surface area contributed by atoms with Gasteiger partial charge in [0, 0.05) is 16.6 Å². The minimum absolute atomic E-state index is 0.368. The number of amides is 1. The van der Waals surface area contributed by atoms with Crippen LogP contribution in [0.2, 0.25) is 0 Å². The Morgan fingerprint density at radius 1 is 1.19 bits per heavy atom. The van der Waals surface area contributed by atoms with E-state index < -0.39 is 12.1 Å². The third kappa shape index (κ3) is 4.00. The van der Waals surface area contributed by atoms with Gasteiger partial charge >= 0.3 is 5.97 Å². The van der Waals surface area contributed by atoms with E-state index in [0.29, 0.717) is 16.3 Å². The molecule has 0 radical (unpaired) electrons. The molecule has 1 atom stereocenters. The Morgan fingerprint density at radius 2 is 1.96 bits per heavy atom. The molecule has 0 saturated carbocycles. The van der Waals surface area contributed by atoms with Crippen molar-refractivity contribution in [1.82, 2.24) is 4.98 Å². The molecule has 1 unspecified atom stereocenters. The summed E-state index contributed by atoms with van der Waals surface area (Å²) < 4.78 is 5.34. The molecule has 7 heteroatoms. The van der Waals surface area contributed by atoms with Gasteiger partial charge in [0.2, 0.25) is 0 Å². The standard InChI is InChI=1S/C19H18N2O3S2/c1-11-6-4-5-7-15(11)21-17(22)13(3)24-19(23)16-12(2)20-18(26-16)14-8-9-25-10-14/h4-10,13H,1-3H3,(H,21,22). The quantitative estimate of drug-likeness (QED) is 0.647. The summed E-state index contributed by atoms with van der Waals surface area (Å²) in [5.41, 5.74) is 3.23. The lowest BCUT2D eigenvalue weighted by molar-refractivity contribution is -0.123. The first kappa shape index (κ1) is 18.3. The number of rotatable bonds is 5. The first-order valence-corrected chi connectivity index (χ1v) is 9.79. The average molecular weight is 386 g/mol. The number of nitrogens with one attached hydrogen (secondary N) is 1. The van der Waals surface area contributed by atoms with E-state index in [-0.39, 0.29) is 5.91 Å². The molecule has 0 aliphatic heterocycles. The molecule has 5 nitrogen and oxygen atoms in total. The largest absolute Gasteiger partial charge is 0.448 e. The fourth-order valence-electron chi connectivity index (χ4n) is 2.31. The Hall–Kier alpha value is -2.51. The zero-order valence-corrected chi connectivity index (χ0v) is 16.2. The number of hydrogen-bond donors (Lipinski definition) is 1. The van der Waals surface area contributed by atoms with Crippen molar-refractivity contribution >= 4 is 40.2 Å². The lowest BCUT2D eigenvalue weighted by atomic mass is 10.2. The SMILES string of the molecule is Cc1ccccc1NC(=O)C(C)OC(=O)c1sc(-c2ccsc2)nc1C. The van der Waals surface area contributed by atoms with Crippen LogP contribution < -0.4 is 5.32 Å². The summed E-state index contributed by atoms with van der Waals surface area (Å²) >= 11 is 2.85. The Kier molecular flexibility index (Phi) is 5.49. The molecule has 134 valence electrons. The highest BCUT2D eigenvalue weighted by Crippen LogP contribution is 2.30. The lowest BCUT2D eigenvalue weighted by Gasteiger charge is -2.14. The third-order valence-corrected chi connectivity index (χ3v) is 5.68. The van der Waals surface area contributed by atoms with Crippen LogP contribution in [-0.2, 0) is 9.53 Å². The van der Waals surface area contributed by atoms with Gasteiger partial charge in [-0.2, -0.15) is 11.3 Å². The number of carbonyl (C=O) groups excluding carboxylic acids is 2. The third-order valence-electron chi connectivity index (χ3n) is 3.81. The second kappa shape index (κ2) is 7.80.